The largest absolute Gasteiger partial charge is 0.444 e. The van der Waals surface area contributed by atoms with E-state index in [2.05, 4.69) is 21.8 Å². The van der Waals surface area contributed by atoms with E-state index in [0.29, 0.717) is 0 Å². The van der Waals surface area contributed by atoms with Gasteiger partial charge in [-0.2, -0.15) is 0 Å². The van der Waals surface area contributed by atoms with Gasteiger partial charge in [0, 0.05) is 0 Å². The molecule has 1 N–H and O–H groups in total. The molecule has 1 heterocycles. The van der Waals surface area contributed by atoms with Crippen LogP contribution in [0.5, 0.6) is 0 Å². The highest BCUT2D eigenvalue weighted by Crippen LogP contribution is 2.23. The number of amides is 1. The molecule has 0 aliphatic heterocycles. The molecule has 0 radical (unpaired) electrons. The first-order valence-electron chi connectivity index (χ1n) is 6.76. The highest BCUT2D eigenvalue weighted by Gasteiger charge is 2.19. The first kappa shape index (κ1) is 18.5. The third kappa shape index (κ3) is 6.04. The molecule has 0 bridgehead atoms. The third-order valence-corrected chi connectivity index (χ3v) is 3.31. The molecule has 0 unspecified atom stereocenters. The standard InChI is InChI=1S/C15H20ClFN2O2Si/c1-15(2,3)21-14(20)19-11-9-18-13(16)12(17)10(11)7-8-22(4,5)6/h9H,1-6H3,(H,19,20). The van der Waals surface area contributed by atoms with Crippen molar-refractivity contribution in [3.05, 3.63) is 22.7 Å². The molecule has 0 aliphatic rings. The van der Waals surface area contributed by atoms with Crippen LogP contribution in [0.15, 0.2) is 6.20 Å². The number of rotatable bonds is 1. The number of hydrogen-bond acceptors (Lipinski definition) is 3. The van der Waals surface area contributed by atoms with Gasteiger partial charge in [-0.1, -0.05) is 37.2 Å². The zero-order valence-corrected chi connectivity index (χ0v) is 15.4. The molecule has 0 aliphatic carbocycles. The number of nitrogens with one attached hydrogen (secondary N) is 1. The first-order valence-corrected chi connectivity index (χ1v) is 10.6. The molecule has 0 saturated heterocycles. The lowest BCUT2D eigenvalue weighted by Crippen LogP contribution is -2.27. The lowest BCUT2D eigenvalue weighted by atomic mass is 10.2. The van der Waals surface area contributed by atoms with Gasteiger partial charge in [0.05, 0.1) is 17.4 Å². The molecular formula is C15H20ClFN2O2Si. The number of aromatic nitrogens is 1. The molecule has 0 spiro atoms. The summed E-state index contributed by atoms with van der Waals surface area (Å²) in [7, 11) is -1.72. The van der Waals surface area contributed by atoms with Crippen molar-refractivity contribution in [1.29, 1.82) is 0 Å². The topological polar surface area (TPSA) is 51.2 Å². The van der Waals surface area contributed by atoms with Crippen molar-refractivity contribution in [3.8, 4) is 11.5 Å². The summed E-state index contributed by atoms with van der Waals surface area (Å²) in [6, 6.07) is 0. The SMILES string of the molecule is CC(C)(C)OC(=O)Nc1cnc(Cl)c(F)c1C#C[Si](C)(C)C. The van der Waals surface area contributed by atoms with Gasteiger partial charge >= 0.3 is 6.09 Å². The van der Waals surface area contributed by atoms with E-state index in [-0.39, 0.29) is 16.4 Å². The normalized spacial score (nSPS) is 11.5. The summed E-state index contributed by atoms with van der Waals surface area (Å²) in [5, 5.41) is 2.18. The Bertz CT molecular complexity index is 640. The van der Waals surface area contributed by atoms with Gasteiger partial charge in [-0.05, 0) is 20.8 Å². The van der Waals surface area contributed by atoms with Gasteiger partial charge in [0.2, 0.25) is 0 Å². The van der Waals surface area contributed by atoms with Gasteiger partial charge in [-0.15, -0.1) is 5.54 Å². The van der Waals surface area contributed by atoms with E-state index in [4.69, 9.17) is 16.3 Å². The van der Waals surface area contributed by atoms with Crippen molar-refractivity contribution in [2.24, 2.45) is 0 Å². The van der Waals surface area contributed by atoms with Crippen molar-refractivity contribution in [3.63, 3.8) is 0 Å². The van der Waals surface area contributed by atoms with Crippen molar-refractivity contribution in [2.45, 2.75) is 46.0 Å². The molecule has 1 aromatic heterocycles. The molecule has 0 saturated carbocycles. The van der Waals surface area contributed by atoms with E-state index in [0.717, 1.165) is 0 Å². The highest BCUT2D eigenvalue weighted by molar-refractivity contribution is 6.83. The van der Waals surface area contributed by atoms with Gasteiger partial charge in [0.15, 0.2) is 11.0 Å². The average molecular weight is 343 g/mol. The quantitative estimate of drug-likeness (QED) is 0.466. The van der Waals surface area contributed by atoms with E-state index in [1.807, 2.05) is 19.6 Å². The minimum atomic E-state index is -1.72. The third-order valence-electron chi connectivity index (χ3n) is 2.18. The molecule has 22 heavy (non-hydrogen) atoms. The predicted molar refractivity (Wildman–Crippen MR) is 89.3 cm³/mol. The van der Waals surface area contributed by atoms with Crippen molar-refractivity contribution in [2.75, 3.05) is 5.32 Å². The fourth-order valence-corrected chi connectivity index (χ4v) is 1.99. The van der Waals surface area contributed by atoms with Crippen LogP contribution in [0.3, 0.4) is 0 Å². The summed E-state index contributed by atoms with van der Waals surface area (Å²) in [6.07, 6.45) is 0.566. The van der Waals surface area contributed by atoms with Crippen molar-refractivity contribution in [1.82, 2.24) is 4.98 Å². The molecule has 1 amide bonds. The van der Waals surface area contributed by atoms with Crippen LogP contribution in [0.25, 0.3) is 0 Å². The fraction of sp³-hybridized carbons (Fsp3) is 0.467. The van der Waals surface area contributed by atoms with Crippen LogP contribution in [-0.2, 0) is 4.74 Å². The Balaban J connectivity index is 3.17. The van der Waals surface area contributed by atoms with E-state index in [1.54, 1.807) is 20.8 Å². The fourth-order valence-electron chi connectivity index (χ4n) is 1.34. The number of halogens is 2. The monoisotopic (exact) mass is 342 g/mol. The Morgan fingerprint density at radius 2 is 2.00 bits per heavy atom. The second kappa shape index (κ2) is 6.67. The molecule has 1 aromatic rings. The summed E-state index contributed by atoms with van der Waals surface area (Å²) in [5.74, 6) is 2.02. The second-order valence-electron chi connectivity index (χ2n) is 6.78. The molecular weight excluding hydrogens is 323 g/mol. The predicted octanol–water partition coefficient (Wildman–Crippen LogP) is 4.45. The Kier molecular flexibility index (Phi) is 5.60. The highest BCUT2D eigenvalue weighted by atomic mass is 35.5. The maximum atomic E-state index is 14.2. The van der Waals surface area contributed by atoms with Crippen LogP contribution in [0.4, 0.5) is 14.9 Å². The molecule has 1 rings (SSSR count). The molecule has 7 heteroatoms. The lowest BCUT2D eigenvalue weighted by Gasteiger charge is -2.20. The zero-order chi connectivity index (χ0) is 17.1. The van der Waals surface area contributed by atoms with E-state index in [1.165, 1.54) is 6.20 Å². The number of hydrogen-bond donors (Lipinski definition) is 1. The van der Waals surface area contributed by atoms with Crippen molar-refractivity contribution < 1.29 is 13.9 Å². The van der Waals surface area contributed by atoms with Gasteiger partial charge < -0.3 is 4.74 Å². The van der Waals surface area contributed by atoms with Gasteiger partial charge in [0.1, 0.15) is 13.7 Å². The summed E-state index contributed by atoms with van der Waals surface area (Å²) in [6.45, 7) is 11.3. The van der Waals surface area contributed by atoms with Crippen LogP contribution in [0.2, 0.25) is 24.8 Å². The molecule has 0 aromatic carbocycles. The maximum Gasteiger partial charge on any atom is 0.412 e. The Morgan fingerprint density at radius 1 is 1.41 bits per heavy atom. The van der Waals surface area contributed by atoms with Crippen LogP contribution < -0.4 is 5.32 Å². The van der Waals surface area contributed by atoms with E-state index >= 15 is 0 Å². The molecule has 120 valence electrons. The maximum absolute atomic E-state index is 14.2. The molecule has 0 fully saturated rings. The zero-order valence-electron chi connectivity index (χ0n) is 13.6. The minimum absolute atomic E-state index is 0.0216. The first-order chi connectivity index (χ1) is 9.89. The summed E-state index contributed by atoms with van der Waals surface area (Å²) >= 11 is 5.69. The number of carbonyl (C=O) groups is 1. The average Bonchev–Trinajstić information content (AvgIpc) is 2.29. The van der Waals surface area contributed by atoms with E-state index < -0.39 is 25.6 Å². The Morgan fingerprint density at radius 3 is 2.50 bits per heavy atom. The second-order valence-corrected chi connectivity index (χ2v) is 11.9. The summed E-state index contributed by atoms with van der Waals surface area (Å²) in [5.41, 5.74) is 2.54. The van der Waals surface area contributed by atoms with Crippen LogP contribution in [0, 0.1) is 17.3 Å². The van der Waals surface area contributed by atoms with Crippen LogP contribution in [0.1, 0.15) is 26.3 Å². The summed E-state index contributed by atoms with van der Waals surface area (Å²) < 4.78 is 19.3. The van der Waals surface area contributed by atoms with E-state index in [9.17, 15) is 9.18 Å². The van der Waals surface area contributed by atoms with Gasteiger partial charge in [0.25, 0.3) is 0 Å². The smallest absolute Gasteiger partial charge is 0.412 e. The van der Waals surface area contributed by atoms with Gasteiger partial charge in [-0.25, -0.2) is 14.2 Å². The van der Waals surface area contributed by atoms with Crippen LogP contribution >= 0.6 is 11.6 Å². The molecule has 0 atom stereocenters. The number of carbonyl (C=O) groups excluding carboxylic acids is 1. The van der Waals surface area contributed by atoms with Crippen LogP contribution in [-0.4, -0.2) is 24.8 Å². The Hall–Kier alpha value is -1.58. The number of anilines is 1. The summed E-state index contributed by atoms with van der Waals surface area (Å²) in [4.78, 5) is 15.5. The lowest BCUT2D eigenvalue weighted by molar-refractivity contribution is 0.0636. The molecule has 4 nitrogen and oxygen atoms in total. The van der Waals surface area contributed by atoms with Gasteiger partial charge in [-0.3, -0.25) is 5.32 Å². The number of ether oxygens (including phenoxy) is 1. The Labute approximate surface area is 136 Å². The van der Waals surface area contributed by atoms with Crippen molar-refractivity contribution >= 4 is 31.5 Å². The minimum Gasteiger partial charge on any atom is -0.444 e. The number of pyridine rings is 1. The number of nitrogens with zero attached hydrogens (tertiary/aromatic N) is 1.